The van der Waals surface area contributed by atoms with Crippen LogP contribution in [-0.2, 0) is 0 Å². The fourth-order valence-corrected chi connectivity index (χ4v) is 2.31. The van der Waals surface area contributed by atoms with Gasteiger partial charge >= 0.3 is 6.03 Å². The van der Waals surface area contributed by atoms with E-state index in [1.807, 2.05) is 43.3 Å². The second-order valence-electron chi connectivity index (χ2n) is 4.85. The maximum Gasteiger partial charge on any atom is 0.501 e. The van der Waals surface area contributed by atoms with Crippen molar-refractivity contribution in [1.82, 2.24) is 0 Å². The highest BCUT2D eigenvalue weighted by atomic mass is 16.3. The van der Waals surface area contributed by atoms with E-state index in [1.165, 1.54) is 0 Å². The van der Waals surface area contributed by atoms with Crippen molar-refractivity contribution in [2.24, 2.45) is 0 Å². The Hall–Kier alpha value is -2.88. The molecule has 0 aliphatic heterocycles. The van der Waals surface area contributed by atoms with E-state index in [0.717, 1.165) is 16.5 Å². The normalized spacial score (nSPS) is 10.5. The van der Waals surface area contributed by atoms with Gasteiger partial charge in [0.25, 0.3) is 0 Å². The van der Waals surface area contributed by atoms with Gasteiger partial charge in [-0.3, -0.25) is 0 Å². The van der Waals surface area contributed by atoms with Crippen LogP contribution in [0.1, 0.15) is 5.69 Å². The van der Waals surface area contributed by atoms with Gasteiger partial charge in [-0.05, 0) is 48.7 Å². The average Bonchev–Trinajstić information content (AvgIpc) is 2.47. The van der Waals surface area contributed by atoms with E-state index < -0.39 is 0 Å². The number of aryl methyl sites for hydroxylation is 1. The first-order chi connectivity index (χ1) is 10.1. The zero-order chi connectivity index (χ0) is 14.8. The van der Waals surface area contributed by atoms with E-state index in [2.05, 4.69) is 5.32 Å². The zero-order valence-corrected chi connectivity index (χ0v) is 11.6. The summed E-state index contributed by atoms with van der Waals surface area (Å²) in [6.45, 7) is 1.88. The van der Waals surface area contributed by atoms with Crippen LogP contribution in [0, 0.1) is 6.92 Å². The molecule has 1 aromatic heterocycles. The van der Waals surface area contributed by atoms with E-state index >= 15 is 0 Å². The van der Waals surface area contributed by atoms with E-state index in [0.29, 0.717) is 5.69 Å². The Labute approximate surface area is 122 Å². The number of anilines is 1. The number of aromatic nitrogens is 1. The molecule has 0 aliphatic carbocycles. The SMILES string of the molecule is Cc1cccc[n+]1C(=O)Nc1cccc2cc(O)ccc12. The van der Waals surface area contributed by atoms with Crippen LogP contribution in [0.5, 0.6) is 5.75 Å². The first-order valence-electron chi connectivity index (χ1n) is 6.65. The van der Waals surface area contributed by atoms with Gasteiger partial charge in [-0.2, -0.15) is 9.36 Å². The average molecular weight is 279 g/mol. The molecular formula is C17H15N2O2+. The van der Waals surface area contributed by atoms with Crippen molar-refractivity contribution in [2.75, 3.05) is 5.32 Å². The van der Waals surface area contributed by atoms with Crippen LogP contribution in [0.25, 0.3) is 10.8 Å². The summed E-state index contributed by atoms with van der Waals surface area (Å²) in [6, 6.07) is 16.0. The number of pyridine rings is 1. The molecule has 1 amide bonds. The van der Waals surface area contributed by atoms with Crippen molar-refractivity contribution in [3.63, 3.8) is 0 Å². The van der Waals surface area contributed by atoms with Crippen molar-refractivity contribution in [3.05, 3.63) is 66.5 Å². The maximum absolute atomic E-state index is 12.3. The Balaban J connectivity index is 1.99. The van der Waals surface area contributed by atoms with Gasteiger partial charge < -0.3 is 5.11 Å². The van der Waals surface area contributed by atoms with Crippen molar-refractivity contribution in [3.8, 4) is 5.75 Å². The molecule has 3 rings (SSSR count). The van der Waals surface area contributed by atoms with E-state index in [-0.39, 0.29) is 11.8 Å². The highest BCUT2D eigenvalue weighted by molar-refractivity contribution is 6.00. The fraction of sp³-hybridized carbons (Fsp3) is 0.0588. The number of hydrogen-bond acceptors (Lipinski definition) is 2. The summed E-state index contributed by atoms with van der Waals surface area (Å²) in [4.78, 5) is 12.3. The lowest BCUT2D eigenvalue weighted by molar-refractivity contribution is -0.574. The maximum atomic E-state index is 12.3. The summed E-state index contributed by atoms with van der Waals surface area (Å²) >= 11 is 0. The van der Waals surface area contributed by atoms with Crippen LogP contribution in [0.3, 0.4) is 0 Å². The number of aromatic hydroxyl groups is 1. The van der Waals surface area contributed by atoms with Crippen molar-refractivity contribution < 1.29 is 14.5 Å². The Morgan fingerprint density at radius 2 is 1.95 bits per heavy atom. The van der Waals surface area contributed by atoms with Gasteiger partial charge in [0.2, 0.25) is 0 Å². The van der Waals surface area contributed by atoms with E-state index in [1.54, 1.807) is 29.0 Å². The molecule has 0 saturated heterocycles. The second kappa shape index (κ2) is 5.25. The summed E-state index contributed by atoms with van der Waals surface area (Å²) in [5.41, 5.74) is 1.57. The third-order valence-electron chi connectivity index (χ3n) is 3.39. The lowest BCUT2D eigenvalue weighted by atomic mass is 10.1. The molecule has 0 fully saturated rings. The van der Waals surface area contributed by atoms with Gasteiger partial charge in [-0.25, -0.2) is 5.32 Å². The van der Waals surface area contributed by atoms with Gasteiger partial charge in [0.05, 0.1) is 6.20 Å². The quantitative estimate of drug-likeness (QED) is 0.672. The number of phenols is 1. The third-order valence-corrected chi connectivity index (χ3v) is 3.39. The fourth-order valence-electron chi connectivity index (χ4n) is 2.31. The van der Waals surface area contributed by atoms with Crippen molar-refractivity contribution in [2.45, 2.75) is 6.92 Å². The number of rotatable bonds is 1. The number of phenolic OH excluding ortho intramolecular Hbond substituents is 1. The topological polar surface area (TPSA) is 53.2 Å². The van der Waals surface area contributed by atoms with Gasteiger partial charge in [-0.15, -0.1) is 0 Å². The Morgan fingerprint density at radius 1 is 1.10 bits per heavy atom. The predicted octanol–water partition coefficient (Wildman–Crippen LogP) is 3.22. The second-order valence-corrected chi connectivity index (χ2v) is 4.85. The van der Waals surface area contributed by atoms with Crippen LogP contribution < -0.4 is 9.88 Å². The minimum atomic E-state index is -0.214. The molecule has 0 spiro atoms. The minimum Gasteiger partial charge on any atom is -0.508 e. The highest BCUT2D eigenvalue weighted by Gasteiger charge is 2.17. The van der Waals surface area contributed by atoms with Crippen LogP contribution in [0.4, 0.5) is 10.5 Å². The number of hydrogen-bond donors (Lipinski definition) is 2. The molecule has 0 bridgehead atoms. The molecule has 0 aliphatic rings. The molecular weight excluding hydrogens is 264 g/mol. The molecule has 21 heavy (non-hydrogen) atoms. The molecule has 0 radical (unpaired) electrons. The smallest absolute Gasteiger partial charge is 0.501 e. The third kappa shape index (κ3) is 2.56. The number of carbonyl (C=O) groups excluding carboxylic acids is 1. The molecule has 2 N–H and O–H groups in total. The number of nitrogens with zero attached hydrogens (tertiary/aromatic N) is 1. The van der Waals surface area contributed by atoms with Gasteiger partial charge in [0.1, 0.15) is 17.1 Å². The monoisotopic (exact) mass is 279 g/mol. The summed E-state index contributed by atoms with van der Waals surface area (Å²) in [7, 11) is 0. The van der Waals surface area contributed by atoms with Crippen molar-refractivity contribution >= 4 is 22.5 Å². The molecule has 0 atom stereocenters. The summed E-state index contributed by atoms with van der Waals surface area (Å²) < 4.78 is 1.55. The predicted molar refractivity (Wildman–Crippen MR) is 81.4 cm³/mol. The number of carbonyl (C=O) groups is 1. The Bertz CT molecular complexity index is 828. The first-order valence-corrected chi connectivity index (χ1v) is 6.65. The lowest BCUT2D eigenvalue weighted by Gasteiger charge is -2.05. The van der Waals surface area contributed by atoms with Gasteiger partial charge in [0, 0.05) is 5.39 Å². The first kappa shape index (κ1) is 13.1. The largest absolute Gasteiger partial charge is 0.508 e. The van der Waals surface area contributed by atoms with Gasteiger partial charge in [0.15, 0.2) is 0 Å². The van der Waals surface area contributed by atoms with Crippen molar-refractivity contribution in [1.29, 1.82) is 0 Å². The molecule has 0 unspecified atom stereocenters. The Kier molecular flexibility index (Phi) is 3.28. The molecule has 0 saturated carbocycles. The highest BCUT2D eigenvalue weighted by Crippen LogP contribution is 2.26. The molecule has 2 aromatic carbocycles. The molecule has 3 aromatic rings. The Morgan fingerprint density at radius 3 is 2.76 bits per heavy atom. The standard InChI is InChI=1S/C17H14N2O2/c1-12-5-2-3-10-19(12)17(21)18-16-7-4-6-13-11-14(20)8-9-15(13)16/h2-11H,1H3,(H-,18,20,21)/p+1. The molecule has 4 heteroatoms. The summed E-state index contributed by atoms with van der Waals surface area (Å²) in [5, 5.41) is 14.2. The number of fused-ring (bicyclic) bond motifs is 1. The summed E-state index contributed by atoms with van der Waals surface area (Å²) in [5.74, 6) is 0.208. The summed E-state index contributed by atoms with van der Waals surface area (Å²) in [6.07, 6.45) is 1.72. The van der Waals surface area contributed by atoms with E-state index in [9.17, 15) is 9.90 Å². The van der Waals surface area contributed by atoms with Gasteiger partial charge in [-0.1, -0.05) is 18.2 Å². The number of benzene rings is 2. The minimum absolute atomic E-state index is 0.208. The van der Waals surface area contributed by atoms with E-state index in [4.69, 9.17) is 0 Å². The zero-order valence-electron chi connectivity index (χ0n) is 11.6. The molecule has 104 valence electrons. The van der Waals surface area contributed by atoms with Crippen LogP contribution >= 0.6 is 0 Å². The molecule has 4 nitrogen and oxygen atoms in total. The number of nitrogens with one attached hydrogen (secondary N) is 1. The lowest BCUT2D eigenvalue weighted by Crippen LogP contribution is -2.48. The van der Waals surface area contributed by atoms with Crippen LogP contribution in [0.2, 0.25) is 0 Å². The molecule has 1 heterocycles. The van der Waals surface area contributed by atoms with Crippen LogP contribution in [0.15, 0.2) is 60.8 Å². The van der Waals surface area contributed by atoms with Crippen LogP contribution in [-0.4, -0.2) is 11.1 Å². The number of amides is 1.